The first-order valence-corrected chi connectivity index (χ1v) is 6.28. The van der Waals surface area contributed by atoms with E-state index in [1.165, 1.54) is 6.42 Å². The molecule has 2 rings (SSSR count). The van der Waals surface area contributed by atoms with Crippen molar-refractivity contribution in [1.29, 1.82) is 0 Å². The lowest BCUT2D eigenvalue weighted by Gasteiger charge is -2.30. The van der Waals surface area contributed by atoms with Crippen LogP contribution in [-0.4, -0.2) is 19.1 Å². The first-order chi connectivity index (χ1) is 7.59. The van der Waals surface area contributed by atoms with Crippen molar-refractivity contribution in [2.75, 3.05) is 11.9 Å². The summed E-state index contributed by atoms with van der Waals surface area (Å²) in [5.41, 5.74) is 7.09. The van der Waals surface area contributed by atoms with Crippen LogP contribution in [0.3, 0.4) is 0 Å². The van der Waals surface area contributed by atoms with Gasteiger partial charge in [0.05, 0.1) is 10.7 Å². The fourth-order valence-corrected chi connectivity index (χ4v) is 2.94. The Kier molecular flexibility index (Phi) is 3.63. The van der Waals surface area contributed by atoms with E-state index in [4.69, 9.17) is 28.9 Å². The van der Waals surface area contributed by atoms with Crippen molar-refractivity contribution in [3.8, 4) is 0 Å². The molecule has 1 aliphatic carbocycles. The van der Waals surface area contributed by atoms with E-state index in [2.05, 4.69) is 4.90 Å². The monoisotopic (exact) mass is 258 g/mol. The summed E-state index contributed by atoms with van der Waals surface area (Å²) in [5, 5.41) is 1.35. The molecule has 2 nitrogen and oxygen atoms in total. The maximum absolute atomic E-state index is 6.18. The highest BCUT2D eigenvalue weighted by molar-refractivity contribution is 6.36. The highest BCUT2D eigenvalue weighted by atomic mass is 35.5. The molecule has 2 atom stereocenters. The number of anilines is 1. The number of benzene rings is 1. The van der Waals surface area contributed by atoms with E-state index in [-0.39, 0.29) is 6.04 Å². The Morgan fingerprint density at radius 1 is 1.31 bits per heavy atom. The number of likely N-dealkylation sites (N-methyl/N-ethyl adjacent to an activating group) is 1. The summed E-state index contributed by atoms with van der Waals surface area (Å²) in [6, 6.07) is 6.22. The molecule has 2 unspecified atom stereocenters. The van der Waals surface area contributed by atoms with Crippen LogP contribution in [0.2, 0.25) is 10.0 Å². The predicted molar refractivity (Wildman–Crippen MR) is 70.5 cm³/mol. The summed E-state index contributed by atoms with van der Waals surface area (Å²) < 4.78 is 0. The van der Waals surface area contributed by atoms with Crippen LogP contribution < -0.4 is 10.6 Å². The topological polar surface area (TPSA) is 29.3 Å². The zero-order valence-electron chi connectivity index (χ0n) is 9.29. The van der Waals surface area contributed by atoms with Crippen molar-refractivity contribution < 1.29 is 0 Å². The molecule has 0 heterocycles. The van der Waals surface area contributed by atoms with Gasteiger partial charge in [0.25, 0.3) is 0 Å². The second-order valence-electron chi connectivity index (χ2n) is 4.37. The molecule has 1 fully saturated rings. The minimum absolute atomic E-state index is 0.247. The molecular formula is C12H16Cl2N2. The quantitative estimate of drug-likeness (QED) is 0.882. The van der Waals surface area contributed by atoms with E-state index in [9.17, 15) is 0 Å². The zero-order chi connectivity index (χ0) is 11.7. The molecular weight excluding hydrogens is 243 g/mol. The van der Waals surface area contributed by atoms with Crippen molar-refractivity contribution in [2.45, 2.75) is 31.3 Å². The average molecular weight is 259 g/mol. The number of nitrogens with two attached hydrogens (primary N) is 1. The Morgan fingerprint density at radius 2 is 2.06 bits per heavy atom. The Hall–Kier alpha value is -0.440. The predicted octanol–water partition coefficient (Wildman–Crippen LogP) is 3.31. The van der Waals surface area contributed by atoms with Crippen LogP contribution in [0, 0.1) is 0 Å². The van der Waals surface area contributed by atoms with Crippen LogP contribution in [0.5, 0.6) is 0 Å². The van der Waals surface area contributed by atoms with Gasteiger partial charge in [0.1, 0.15) is 0 Å². The molecule has 88 valence electrons. The molecule has 0 saturated heterocycles. The largest absolute Gasteiger partial charge is 0.369 e. The summed E-state index contributed by atoms with van der Waals surface area (Å²) in [4.78, 5) is 2.18. The molecule has 0 spiro atoms. The number of hydrogen-bond donors (Lipinski definition) is 1. The van der Waals surface area contributed by atoms with Crippen LogP contribution in [0.1, 0.15) is 19.3 Å². The van der Waals surface area contributed by atoms with E-state index < -0.39 is 0 Å². The second kappa shape index (κ2) is 4.82. The van der Waals surface area contributed by atoms with Crippen molar-refractivity contribution in [3.05, 3.63) is 28.2 Å². The summed E-state index contributed by atoms with van der Waals surface area (Å²) in [6.07, 6.45) is 3.43. The highest BCUT2D eigenvalue weighted by Gasteiger charge is 2.28. The maximum Gasteiger partial charge on any atom is 0.0654 e. The van der Waals surface area contributed by atoms with Crippen molar-refractivity contribution >= 4 is 28.9 Å². The van der Waals surface area contributed by atoms with Gasteiger partial charge in [-0.1, -0.05) is 23.2 Å². The summed E-state index contributed by atoms with van der Waals surface area (Å²) in [6.45, 7) is 0. The van der Waals surface area contributed by atoms with Gasteiger partial charge in [-0.05, 0) is 37.5 Å². The van der Waals surface area contributed by atoms with Gasteiger partial charge < -0.3 is 10.6 Å². The summed E-state index contributed by atoms with van der Waals surface area (Å²) in [5.74, 6) is 0. The fourth-order valence-electron chi connectivity index (χ4n) is 2.40. The molecule has 0 aliphatic heterocycles. The van der Waals surface area contributed by atoms with E-state index in [1.807, 2.05) is 19.2 Å². The second-order valence-corrected chi connectivity index (χ2v) is 5.21. The van der Waals surface area contributed by atoms with Gasteiger partial charge in [0.2, 0.25) is 0 Å². The van der Waals surface area contributed by atoms with Crippen LogP contribution >= 0.6 is 23.2 Å². The minimum Gasteiger partial charge on any atom is -0.369 e. The number of rotatable bonds is 2. The van der Waals surface area contributed by atoms with Gasteiger partial charge in [-0.25, -0.2) is 0 Å². The maximum atomic E-state index is 6.18. The van der Waals surface area contributed by atoms with Crippen molar-refractivity contribution in [3.63, 3.8) is 0 Å². The molecule has 0 bridgehead atoms. The molecule has 1 aliphatic rings. The summed E-state index contributed by atoms with van der Waals surface area (Å²) in [7, 11) is 2.05. The Labute approximate surface area is 106 Å². The van der Waals surface area contributed by atoms with Crippen LogP contribution in [-0.2, 0) is 0 Å². The molecule has 4 heteroatoms. The highest BCUT2D eigenvalue weighted by Crippen LogP contribution is 2.32. The first-order valence-electron chi connectivity index (χ1n) is 5.53. The lowest BCUT2D eigenvalue weighted by molar-refractivity contribution is 0.573. The molecule has 0 amide bonds. The van der Waals surface area contributed by atoms with Gasteiger partial charge in [-0.3, -0.25) is 0 Å². The van der Waals surface area contributed by atoms with Crippen molar-refractivity contribution in [1.82, 2.24) is 0 Å². The zero-order valence-corrected chi connectivity index (χ0v) is 10.8. The number of hydrogen-bond acceptors (Lipinski definition) is 2. The standard InChI is InChI=1S/C12H16Cl2N2/c1-16(12-4-2-3-10(12)15)11-6-5-8(13)7-9(11)14/h5-7,10,12H,2-4,15H2,1H3. The molecule has 16 heavy (non-hydrogen) atoms. The van der Waals surface area contributed by atoms with E-state index in [0.717, 1.165) is 18.5 Å². The first kappa shape index (κ1) is 12.0. The van der Waals surface area contributed by atoms with Gasteiger partial charge in [-0.15, -0.1) is 0 Å². The van der Waals surface area contributed by atoms with Crippen LogP contribution in [0.15, 0.2) is 18.2 Å². The van der Waals surface area contributed by atoms with Crippen molar-refractivity contribution in [2.24, 2.45) is 5.73 Å². The number of halogens is 2. The third-order valence-electron chi connectivity index (χ3n) is 3.32. The molecule has 0 aromatic heterocycles. The summed E-state index contributed by atoms with van der Waals surface area (Å²) >= 11 is 12.1. The van der Waals surface area contributed by atoms with Gasteiger partial charge in [0, 0.05) is 24.2 Å². The third-order valence-corrected chi connectivity index (χ3v) is 3.86. The molecule has 0 radical (unpaired) electrons. The fraction of sp³-hybridized carbons (Fsp3) is 0.500. The van der Waals surface area contributed by atoms with Gasteiger partial charge >= 0.3 is 0 Å². The Balaban J connectivity index is 2.23. The SMILES string of the molecule is CN(c1ccc(Cl)cc1Cl)C1CCCC1N. The van der Waals surface area contributed by atoms with Gasteiger partial charge in [-0.2, -0.15) is 0 Å². The minimum atomic E-state index is 0.247. The molecule has 2 N–H and O–H groups in total. The third kappa shape index (κ3) is 2.29. The van der Waals surface area contributed by atoms with E-state index >= 15 is 0 Å². The average Bonchev–Trinajstić information content (AvgIpc) is 2.63. The van der Waals surface area contributed by atoms with Gasteiger partial charge in [0.15, 0.2) is 0 Å². The number of nitrogens with zero attached hydrogens (tertiary/aromatic N) is 1. The smallest absolute Gasteiger partial charge is 0.0654 e. The van der Waals surface area contributed by atoms with E-state index in [1.54, 1.807) is 6.07 Å². The Morgan fingerprint density at radius 3 is 2.62 bits per heavy atom. The molecule has 1 saturated carbocycles. The lowest BCUT2D eigenvalue weighted by Crippen LogP contribution is -2.42. The molecule has 1 aromatic carbocycles. The van der Waals surface area contributed by atoms with Crippen LogP contribution in [0.4, 0.5) is 5.69 Å². The van der Waals surface area contributed by atoms with Crippen LogP contribution in [0.25, 0.3) is 0 Å². The lowest BCUT2D eigenvalue weighted by atomic mass is 10.1. The van der Waals surface area contributed by atoms with E-state index in [0.29, 0.717) is 16.1 Å². The molecule has 1 aromatic rings. The normalized spacial score (nSPS) is 24.8. The Bertz CT molecular complexity index is 381.